The summed E-state index contributed by atoms with van der Waals surface area (Å²) in [7, 11) is 1.36. The topological polar surface area (TPSA) is 158 Å². The first-order chi connectivity index (χ1) is 18.0. The van der Waals surface area contributed by atoms with E-state index in [0.29, 0.717) is 23.6 Å². The van der Waals surface area contributed by atoms with E-state index in [0.717, 1.165) is 11.3 Å². The lowest BCUT2D eigenvalue weighted by atomic mass is 9.99. The van der Waals surface area contributed by atoms with Crippen molar-refractivity contribution in [1.29, 1.82) is 0 Å². The van der Waals surface area contributed by atoms with Gasteiger partial charge in [-0.3, -0.25) is 10.6 Å². The molecule has 4 rings (SSSR count). The molecule has 0 spiro atoms. The number of nitrogens with zero attached hydrogens (tertiary/aromatic N) is 2. The van der Waals surface area contributed by atoms with Crippen LogP contribution in [0.4, 0.5) is 4.39 Å². The molecular weight excluding hydrogens is 475 g/mol. The number of halogens is 1. The number of methoxy groups -OCH3 is 1. The average molecular weight is 509 g/mol. The van der Waals surface area contributed by atoms with E-state index in [4.69, 9.17) is 22.0 Å². The Morgan fingerprint density at radius 1 is 1.24 bits per heavy atom. The fourth-order valence-electron chi connectivity index (χ4n) is 4.04. The quantitative estimate of drug-likeness (QED) is 0.0994. The molecule has 1 amide bonds. The largest absolute Gasteiger partial charge is 0.494 e. The Bertz CT molecular complexity index is 1380. The summed E-state index contributed by atoms with van der Waals surface area (Å²) in [6.07, 6.45) is 12.1. The van der Waals surface area contributed by atoms with Crippen LogP contribution in [0.1, 0.15) is 42.6 Å². The third-order valence-electron chi connectivity index (χ3n) is 6.12. The third kappa shape index (κ3) is 5.84. The molecule has 3 aromatic rings. The van der Waals surface area contributed by atoms with E-state index < -0.39 is 11.7 Å². The average Bonchev–Trinajstić information content (AvgIpc) is 3.68. The lowest BCUT2D eigenvalue weighted by molar-refractivity contribution is -0.118. The fraction of sp³-hybridized carbons (Fsp3) is 0.231. The van der Waals surface area contributed by atoms with Gasteiger partial charge in [-0.1, -0.05) is 12.1 Å². The molecule has 1 aromatic carbocycles. The molecule has 0 aliphatic heterocycles. The van der Waals surface area contributed by atoms with Crippen molar-refractivity contribution >= 4 is 17.1 Å². The van der Waals surface area contributed by atoms with Gasteiger partial charge in [0, 0.05) is 38.3 Å². The van der Waals surface area contributed by atoms with Gasteiger partial charge >= 0.3 is 0 Å². The third-order valence-corrected chi connectivity index (χ3v) is 6.12. The number of carbonyl (C=O) groups excluding carboxylic acids is 1. The van der Waals surface area contributed by atoms with E-state index in [9.17, 15) is 4.79 Å². The van der Waals surface area contributed by atoms with Gasteiger partial charge in [0.2, 0.25) is 0 Å². The molecule has 1 saturated carbocycles. The van der Waals surface area contributed by atoms with E-state index in [-0.39, 0.29) is 25.0 Å². The van der Waals surface area contributed by atoms with Gasteiger partial charge in [-0.25, -0.2) is 9.37 Å². The number of benzene rings is 1. The van der Waals surface area contributed by atoms with Crippen molar-refractivity contribution in [2.75, 3.05) is 7.11 Å². The van der Waals surface area contributed by atoms with Gasteiger partial charge in [-0.2, -0.15) is 0 Å². The van der Waals surface area contributed by atoms with Crippen LogP contribution in [0.5, 0.6) is 5.75 Å². The van der Waals surface area contributed by atoms with Crippen LogP contribution in [-0.4, -0.2) is 22.4 Å². The van der Waals surface area contributed by atoms with Crippen molar-refractivity contribution in [3.8, 4) is 5.75 Å². The van der Waals surface area contributed by atoms with Gasteiger partial charge < -0.3 is 36.7 Å². The summed E-state index contributed by atoms with van der Waals surface area (Å²) in [5, 5.41) is 5.71. The van der Waals surface area contributed by atoms with Crippen LogP contribution in [0.3, 0.4) is 0 Å². The Hall–Kier alpha value is -4.51. The maximum absolute atomic E-state index is 15.1. The lowest BCUT2D eigenvalue weighted by Gasteiger charge is -2.15. The standard InChI is InChI=1S/C26H31FN8O2.H2/c1-37-23-6-5-20(17(10-29)8-9-28)21(25(23)27)12-32-26(36)22(34-30)13-31-11-19-15-35-14-18(16-2-3-16)4-7-24(35)33-19;/h4-10,13-16,31,34H,2-3,11-12,28-30H2,1H3,(H,32,36);1H/b9-8-,17-10+,22-13-;. The van der Waals surface area contributed by atoms with Gasteiger partial charge in [-0.05, 0) is 59.9 Å². The molecule has 11 heteroatoms. The smallest absolute Gasteiger partial charge is 0.270 e. The van der Waals surface area contributed by atoms with Crippen LogP contribution in [0.25, 0.3) is 11.2 Å². The van der Waals surface area contributed by atoms with Crippen LogP contribution in [0.15, 0.2) is 67.0 Å². The zero-order valence-corrected chi connectivity index (χ0v) is 20.5. The summed E-state index contributed by atoms with van der Waals surface area (Å²) in [5.41, 5.74) is 17.7. The first kappa shape index (κ1) is 25.6. The molecule has 1 fully saturated rings. The van der Waals surface area contributed by atoms with Crippen molar-refractivity contribution in [1.82, 2.24) is 25.4 Å². The van der Waals surface area contributed by atoms with Crippen molar-refractivity contribution in [3.63, 3.8) is 0 Å². The summed E-state index contributed by atoms with van der Waals surface area (Å²) < 4.78 is 22.2. The van der Waals surface area contributed by atoms with E-state index >= 15 is 4.39 Å². The van der Waals surface area contributed by atoms with E-state index in [1.54, 1.807) is 6.07 Å². The zero-order valence-electron chi connectivity index (χ0n) is 20.5. The van der Waals surface area contributed by atoms with E-state index in [2.05, 4.69) is 33.3 Å². The minimum absolute atomic E-state index is 0. The number of amides is 1. The molecule has 0 saturated heterocycles. The minimum atomic E-state index is -0.619. The van der Waals surface area contributed by atoms with Crippen LogP contribution < -0.4 is 38.1 Å². The molecule has 0 atom stereocenters. The number of pyridine rings is 1. The molecule has 196 valence electrons. The number of hydrogen-bond donors (Lipinski definition) is 6. The second-order valence-electron chi connectivity index (χ2n) is 8.59. The van der Waals surface area contributed by atoms with Gasteiger partial charge in [0.05, 0.1) is 19.3 Å². The molecular formula is C26H33FN8O2. The van der Waals surface area contributed by atoms with E-state index in [1.807, 2.05) is 16.7 Å². The summed E-state index contributed by atoms with van der Waals surface area (Å²) in [6, 6.07) is 7.25. The van der Waals surface area contributed by atoms with Gasteiger partial charge in [0.15, 0.2) is 11.6 Å². The summed E-state index contributed by atoms with van der Waals surface area (Å²) >= 11 is 0. The van der Waals surface area contributed by atoms with Gasteiger partial charge in [0.25, 0.3) is 5.91 Å². The Morgan fingerprint density at radius 2 is 2.05 bits per heavy atom. The zero-order chi connectivity index (χ0) is 26.4. The van der Waals surface area contributed by atoms with Crippen molar-refractivity contribution in [2.24, 2.45) is 17.3 Å². The van der Waals surface area contributed by atoms with Gasteiger partial charge in [-0.15, -0.1) is 0 Å². The van der Waals surface area contributed by atoms with Gasteiger partial charge in [0.1, 0.15) is 11.3 Å². The number of ether oxygens (including phenoxy) is 1. The summed E-state index contributed by atoms with van der Waals surface area (Å²) in [5.74, 6) is 5.10. The number of aromatic nitrogens is 2. The minimum Gasteiger partial charge on any atom is -0.494 e. The maximum atomic E-state index is 15.1. The lowest BCUT2D eigenvalue weighted by Crippen LogP contribution is -2.36. The molecule has 2 heterocycles. The maximum Gasteiger partial charge on any atom is 0.270 e. The first-order valence-corrected chi connectivity index (χ1v) is 11.8. The molecule has 1 aliphatic rings. The summed E-state index contributed by atoms with van der Waals surface area (Å²) in [6.45, 7) is 0.228. The number of allylic oxidation sites excluding steroid dienone is 2. The second-order valence-corrected chi connectivity index (χ2v) is 8.59. The number of carbonyl (C=O) groups is 1. The molecule has 9 N–H and O–H groups in total. The Morgan fingerprint density at radius 3 is 2.73 bits per heavy atom. The second kappa shape index (κ2) is 11.5. The number of rotatable bonds is 11. The monoisotopic (exact) mass is 508 g/mol. The Kier molecular flexibility index (Phi) is 7.94. The molecule has 10 nitrogen and oxygen atoms in total. The van der Waals surface area contributed by atoms with Crippen LogP contribution >= 0.6 is 0 Å². The molecule has 2 aromatic heterocycles. The van der Waals surface area contributed by atoms with Crippen molar-refractivity contribution in [3.05, 3.63) is 95.2 Å². The van der Waals surface area contributed by atoms with Crippen LogP contribution in [0, 0.1) is 5.82 Å². The van der Waals surface area contributed by atoms with Crippen molar-refractivity contribution in [2.45, 2.75) is 31.8 Å². The number of nitrogens with one attached hydrogen (secondary N) is 3. The predicted molar refractivity (Wildman–Crippen MR) is 142 cm³/mol. The molecule has 1 aliphatic carbocycles. The number of hydrazine groups is 1. The number of fused-ring (bicyclic) bond motifs is 1. The normalized spacial score (nSPS) is 14.2. The highest BCUT2D eigenvalue weighted by Gasteiger charge is 2.23. The summed E-state index contributed by atoms with van der Waals surface area (Å²) in [4.78, 5) is 17.4. The highest BCUT2D eigenvalue weighted by atomic mass is 19.1. The van der Waals surface area contributed by atoms with Crippen molar-refractivity contribution < 1.29 is 15.3 Å². The molecule has 0 radical (unpaired) electrons. The number of hydrogen-bond acceptors (Lipinski definition) is 8. The first-order valence-electron chi connectivity index (χ1n) is 11.8. The molecule has 0 bridgehead atoms. The highest BCUT2D eigenvalue weighted by molar-refractivity contribution is 5.92. The van der Waals surface area contributed by atoms with E-state index in [1.165, 1.54) is 56.3 Å². The van der Waals surface area contributed by atoms with Crippen LogP contribution in [-0.2, 0) is 17.9 Å². The number of nitrogens with two attached hydrogens (primary N) is 3. The Labute approximate surface area is 215 Å². The van der Waals surface area contributed by atoms with Crippen LogP contribution in [0.2, 0.25) is 0 Å². The fourth-order valence-corrected chi connectivity index (χ4v) is 4.04. The molecule has 0 unspecified atom stereocenters. The number of imidazole rings is 1. The molecule has 37 heavy (non-hydrogen) atoms. The highest BCUT2D eigenvalue weighted by Crippen LogP contribution is 2.39. The SMILES string of the molecule is COc1ccc(C(/C=C\N)=C/N)c(CNC(=O)/C(=C/NCc2cn3cc(C4CC4)ccc3n2)NN)c1F.[HH]. The predicted octanol–water partition coefficient (Wildman–Crippen LogP) is 2.09. The Balaban J connectivity index is 0.00000400.